The third-order valence-corrected chi connectivity index (χ3v) is 2.60. The summed E-state index contributed by atoms with van der Waals surface area (Å²) in [4.78, 5) is 0. The Morgan fingerprint density at radius 3 is 2.56 bits per heavy atom. The molecule has 0 aliphatic rings. The van der Waals surface area contributed by atoms with E-state index in [4.69, 9.17) is 4.52 Å². The van der Waals surface area contributed by atoms with Gasteiger partial charge in [0, 0.05) is 0 Å². The van der Waals surface area contributed by atoms with Gasteiger partial charge in [-0.15, -0.1) is 0 Å². The molecular formula is C10H5BrF3NO. The van der Waals surface area contributed by atoms with Gasteiger partial charge in [0.25, 0.3) is 0 Å². The van der Waals surface area contributed by atoms with E-state index in [1.165, 1.54) is 12.3 Å². The van der Waals surface area contributed by atoms with Crippen molar-refractivity contribution in [2.45, 2.75) is 6.18 Å². The fourth-order valence-electron chi connectivity index (χ4n) is 1.28. The van der Waals surface area contributed by atoms with Gasteiger partial charge in [0.15, 0.2) is 0 Å². The molecule has 16 heavy (non-hydrogen) atoms. The largest absolute Gasteiger partial charge is 0.416 e. The molecule has 0 N–H and O–H groups in total. The van der Waals surface area contributed by atoms with Crippen LogP contribution in [0.1, 0.15) is 5.56 Å². The number of hydrogen-bond donors (Lipinski definition) is 0. The normalized spacial score (nSPS) is 11.8. The highest BCUT2D eigenvalue weighted by Crippen LogP contribution is 2.34. The smallest absolute Gasteiger partial charge is 0.349 e. The van der Waals surface area contributed by atoms with Crippen LogP contribution in [0.25, 0.3) is 11.1 Å². The van der Waals surface area contributed by atoms with Gasteiger partial charge in [-0.25, -0.2) is 0 Å². The van der Waals surface area contributed by atoms with Gasteiger partial charge < -0.3 is 4.52 Å². The van der Waals surface area contributed by atoms with Gasteiger partial charge in [0.05, 0.1) is 17.3 Å². The molecule has 0 amide bonds. The molecule has 6 heteroatoms. The number of benzene rings is 1. The van der Waals surface area contributed by atoms with Crippen molar-refractivity contribution >= 4 is 15.9 Å². The van der Waals surface area contributed by atoms with E-state index in [1.807, 2.05) is 0 Å². The molecule has 0 radical (unpaired) electrons. The first-order valence-corrected chi connectivity index (χ1v) is 5.05. The van der Waals surface area contributed by atoms with Crippen molar-refractivity contribution in [3.8, 4) is 11.1 Å². The van der Waals surface area contributed by atoms with Crippen LogP contribution < -0.4 is 0 Å². The van der Waals surface area contributed by atoms with Crippen molar-refractivity contribution in [3.05, 3.63) is 40.7 Å². The van der Waals surface area contributed by atoms with Crippen LogP contribution in [0.2, 0.25) is 0 Å². The van der Waals surface area contributed by atoms with Crippen molar-refractivity contribution in [1.29, 1.82) is 0 Å². The number of aromatic nitrogens is 1. The molecule has 0 aliphatic heterocycles. The molecule has 84 valence electrons. The zero-order chi connectivity index (χ0) is 11.8. The maximum absolute atomic E-state index is 12.5. The number of rotatable bonds is 1. The van der Waals surface area contributed by atoms with Gasteiger partial charge in [-0.2, -0.15) is 13.2 Å². The molecule has 1 aromatic carbocycles. The quantitative estimate of drug-likeness (QED) is 0.790. The summed E-state index contributed by atoms with van der Waals surface area (Å²) in [6.45, 7) is 0. The van der Waals surface area contributed by atoms with E-state index in [-0.39, 0.29) is 0 Å². The Kier molecular flexibility index (Phi) is 2.75. The molecule has 0 saturated carbocycles. The Morgan fingerprint density at radius 1 is 1.25 bits per heavy atom. The minimum absolute atomic E-state index is 0.312. The monoisotopic (exact) mass is 291 g/mol. The third-order valence-electron chi connectivity index (χ3n) is 2.03. The Bertz CT molecular complexity index is 507. The second-order valence-electron chi connectivity index (χ2n) is 3.09. The van der Waals surface area contributed by atoms with Crippen molar-refractivity contribution in [2.75, 3.05) is 0 Å². The van der Waals surface area contributed by atoms with E-state index in [1.54, 1.807) is 6.07 Å². The summed E-state index contributed by atoms with van der Waals surface area (Å²) in [5, 5.41) is 3.49. The minimum Gasteiger partial charge on any atom is -0.349 e. The van der Waals surface area contributed by atoms with E-state index in [0.717, 1.165) is 12.1 Å². The molecule has 2 aromatic rings. The van der Waals surface area contributed by atoms with E-state index in [2.05, 4.69) is 21.1 Å². The van der Waals surface area contributed by atoms with Crippen LogP contribution in [0.3, 0.4) is 0 Å². The lowest BCUT2D eigenvalue weighted by atomic mass is 10.1. The number of halogens is 4. The molecule has 1 heterocycles. The van der Waals surface area contributed by atoms with E-state index >= 15 is 0 Å². The second-order valence-corrected chi connectivity index (χ2v) is 3.81. The molecular weight excluding hydrogens is 287 g/mol. The average Bonchev–Trinajstić information content (AvgIpc) is 2.63. The van der Waals surface area contributed by atoms with Gasteiger partial charge in [-0.3, -0.25) is 0 Å². The minimum atomic E-state index is -4.35. The maximum Gasteiger partial charge on any atom is 0.416 e. The molecule has 2 rings (SSSR count). The lowest BCUT2D eigenvalue weighted by Crippen LogP contribution is -2.04. The van der Waals surface area contributed by atoms with Crippen LogP contribution >= 0.6 is 15.9 Å². The van der Waals surface area contributed by atoms with Crippen molar-refractivity contribution < 1.29 is 17.7 Å². The molecule has 0 spiro atoms. The predicted octanol–water partition coefficient (Wildman–Crippen LogP) is 4.12. The molecule has 0 atom stereocenters. The first kappa shape index (κ1) is 11.2. The molecule has 0 fully saturated rings. The van der Waals surface area contributed by atoms with Gasteiger partial charge in [-0.1, -0.05) is 17.3 Å². The fourth-order valence-corrected chi connectivity index (χ4v) is 1.69. The van der Waals surface area contributed by atoms with Crippen molar-refractivity contribution in [2.24, 2.45) is 0 Å². The zero-order valence-electron chi connectivity index (χ0n) is 7.75. The summed E-state index contributed by atoms with van der Waals surface area (Å²) < 4.78 is 42.4. The number of hydrogen-bond acceptors (Lipinski definition) is 2. The van der Waals surface area contributed by atoms with Crippen LogP contribution in [0.5, 0.6) is 0 Å². The Hall–Kier alpha value is -1.30. The summed E-state index contributed by atoms with van der Waals surface area (Å²) in [6.07, 6.45) is -2.99. The van der Waals surface area contributed by atoms with E-state index in [9.17, 15) is 13.2 Å². The Morgan fingerprint density at radius 2 is 2.00 bits per heavy atom. The van der Waals surface area contributed by atoms with E-state index in [0.29, 0.717) is 15.8 Å². The summed E-state index contributed by atoms with van der Waals surface area (Å²) in [5.74, 6) is 0. The molecule has 0 aliphatic carbocycles. The van der Waals surface area contributed by atoms with E-state index < -0.39 is 11.7 Å². The van der Waals surface area contributed by atoms with Gasteiger partial charge in [0.2, 0.25) is 4.67 Å². The predicted molar refractivity (Wildman–Crippen MR) is 54.6 cm³/mol. The maximum atomic E-state index is 12.5. The molecule has 0 bridgehead atoms. The highest BCUT2D eigenvalue weighted by atomic mass is 79.9. The topological polar surface area (TPSA) is 26.0 Å². The highest BCUT2D eigenvalue weighted by Gasteiger charge is 2.30. The number of alkyl halides is 3. The summed E-state index contributed by atoms with van der Waals surface area (Å²) in [5.41, 5.74) is 0.201. The third kappa shape index (κ3) is 2.11. The van der Waals surface area contributed by atoms with Crippen LogP contribution in [0, 0.1) is 0 Å². The summed E-state index contributed by atoms with van der Waals surface area (Å²) >= 11 is 3.07. The van der Waals surface area contributed by atoms with Crippen LogP contribution in [0.15, 0.2) is 39.7 Å². The van der Waals surface area contributed by atoms with Crippen LogP contribution in [-0.4, -0.2) is 5.16 Å². The average molecular weight is 292 g/mol. The molecule has 1 aromatic heterocycles. The lowest BCUT2D eigenvalue weighted by Gasteiger charge is -2.07. The molecule has 2 nitrogen and oxygen atoms in total. The summed E-state index contributed by atoms with van der Waals surface area (Å²) in [7, 11) is 0. The molecule has 0 saturated heterocycles. The Balaban J connectivity index is 2.49. The Labute approximate surface area is 97.2 Å². The van der Waals surface area contributed by atoms with Gasteiger partial charge >= 0.3 is 6.18 Å². The number of nitrogens with zero attached hydrogens (tertiary/aromatic N) is 1. The first-order valence-electron chi connectivity index (χ1n) is 4.26. The fraction of sp³-hybridized carbons (Fsp3) is 0.100. The zero-order valence-corrected chi connectivity index (χ0v) is 9.34. The first-order chi connectivity index (χ1) is 7.48. The van der Waals surface area contributed by atoms with Crippen LogP contribution in [0.4, 0.5) is 13.2 Å². The van der Waals surface area contributed by atoms with Gasteiger partial charge in [0.1, 0.15) is 0 Å². The van der Waals surface area contributed by atoms with Crippen molar-refractivity contribution in [1.82, 2.24) is 5.16 Å². The molecule has 0 unspecified atom stereocenters. The lowest BCUT2D eigenvalue weighted by molar-refractivity contribution is -0.137. The van der Waals surface area contributed by atoms with Gasteiger partial charge in [-0.05, 0) is 33.6 Å². The summed E-state index contributed by atoms with van der Waals surface area (Å²) in [6, 6.07) is 4.98. The van der Waals surface area contributed by atoms with Crippen molar-refractivity contribution in [3.63, 3.8) is 0 Å². The highest BCUT2D eigenvalue weighted by molar-refractivity contribution is 9.10. The SMILES string of the molecule is FC(F)(F)c1cccc(-c2cnoc2Br)c1. The standard InChI is InChI=1S/C10H5BrF3NO/c11-9-8(5-15-16-9)6-2-1-3-7(4-6)10(12,13)14/h1-5H. The van der Waals surface area contributed by atoms with Crippen LogP contribution in [-0.2, 0) is 6.18 Å². The second kappa shape index (κ2) is 3.93.